The average molecular weight is 220 g/mol. The lowest BCUT2D eigenvalue weighted by Gasteiger charge is -2.00. The smallest absolute Gasteiger partial charge is 0.154 e. The van der Waals surface area contributed by atoms with E-state index < -0.39 is 0 Å². The van der Waals surface area contributed by atoms with Gasteiger partial charge in [-0.15, -0.1) is 0 Å². The predicted octanol–water partition coefficient (Wildman–Crippen LogP) is 2.89. The minimum Gasteiger partial charge on any atom is -0.359 e. The van der Waals surface area contributed by atoms with E-state index in [-0.39, 0.29) is 11.9 Å². The second-order valence-corrected chi connectivity index (χ2v) is 3.64. The summed E-state index contributed by atoms with van der Waals surface area (Å²) in [5.41, 5.74) is 7.11. The van der Waals surface area contributed by atoms with E-state index >= 15 is 0 Å². The molecule has 0 saturated carbocycles. The van der Waals surface area contributed by atoms with Crippen LogP contribution in [0.15, 0.2) is 34.9 Å². The van der Waals surface area contributed by atoms with Gasteiger partial charge in [0.05, 0.1) is 6.04 Å². The Morgan fingerprint density at radius 3 is 2.94 bits per heavy atom. The molecular formula is C12H13FN2O. The van der Waals surface area contributed by atoms with E-state index in [1.54, 1.807) is 18.2 Å². The van der Waals surface area contributed by atoms with Crippen molar-refractivity contribution in [2.45, 2.75) is 19.4 Å². The molecule has 0 spiro atoms. The third-order valence-electron chi connectivity index (χ3n) is 2.45. The molecule has 0 aliphatic heterocycles. The van der Waals surface area contributed by atoms with Gasteiger partial charge in [0.25, 0.3) is 0 Å². The molecule has 0 aliphatic carbocycles. The van der Waals surface area contributed by atoms with Crippen LogP contribution < -0.4 is 5.73 Å². The number of nitrogens with two attached hydrogens (primary N) is 1. The molecule has 1 unspecified atom stereocenters. The van der Waals surface area contributed by atoms with E-state index in [0.29, 0.717) is 17.0 Å². The molecule has 1 aromatic heterocycles. The molecule has 0 amide bonds. The summed E-state index contributed by atoms with van der Waals surface area (Å²) in [6, 6.07) is 7.82. The standard InChI is InChI=1S/C12H13FN2O/c1-2-10(14)12-7-11(15-16-12)8-4-3-5-9(13)6-8/h3-7,10H,2,14H2,1H3. The summed E-state index contributed by atoms with van der Waals surface area (Å²) in [4.78, 5) is 0. The fourth-order valence-electron chi connectivity index (χ4n) is 1.45. The maximum Gasteiger partial charge on any atom is 0.154 e. The predicted molar refractivity (Wildman–Crippen MR) is 59.1 cm³/mol. The van der Waals surface area contributed by atoms with Crippen molar-refractivity contribution in [3.05, 3.63) is 41.9 Å². The SMILES string of the molecule is CCC(N)c1cc(-c2cccc(F)c2)no1. The van der Waals surface area contributed by atoms with Crippen LogP contribution in [0.25, 0.3) is 11.3 Å². The highest BCUT2D eigenvalue weighted by molar-refractivity contribution is 5.58. The Hall–Kier alpha value is -1.68. The molecule has 0 fully saturated rings. The number of benzene rings is 1. The van der Waals surface area contributed by atoms with Crippen LogP contribution >= 0.6 is 0 Å². The zero-order valence-electron chi connectivity index (χ0n) is 8.98. The maximum absolute atomic E-state index is 13.0. The molecule has 0 aliphatic rings. The molecule has 1 atom stereocenters. The molecule has 2 aromatic rings. The lowest BCUT2D eigenvalue weighted by Crippen LogP contribution is -2.06. The van der Waals surface area contributed by atoms with E-state index in [4.69, 9.17) is 10.3 Å². The Morgan fingerprint density at radius 2 is 2.25 bits per heavy atom. The molecule has 2 rings (SSSR count). The highest BCUT2D eigenvalue weighted by Gasteiger charge is 2.12. The Kier molecular flexibility index (Phi) is 3.01. The molecule has 1 heterocycles. The number of hydrogen-bond acceptors (Lipinski definition) is 3. The third-order valence-corrected chi connectivity index (χ3v) is 2.45. The summed E-state index contributed by atoms with van der Waals surface area (Å²) in [5, 5.41) is 3.87. The Morgan fingerprint density at radius 1 is 1.44 bits per heavy atom. The third kappa shape index (κ3) is 2.12. The van der Waals surface area contributed by atoms with E-state index in [1.165, 1.54) is 12.1 Å². The van der Waals surface area contributed by atoms with Crippen molar-refractivity contribution in [1.82, 2.24) is 5.16 Å². The molecule has 4 heteroatoms. The van der Waals surface area contributed by atoms with Crippen LogP contribution in [0.3, 0.4) is 0 Å². The van der Waals surface area contributed by atoms with E-state index in [2.05, 4.69) is 5.16 Å². The van der Waals surface area contributed by atoms with Gasteiger partial charge in [0, 0.05) is 11.6 Å². The minimum atomic E-state index is -0.290. The van der Waals surface area contributed by atoms with Crippen LogP contribution in [0, 0.1) is 5.82 Å². The number of halogens is 1. The van der Waals surface area contributed by atoms with Gasteiger partial charge in [0.1, 0.15) is 11.5 Å². The van der Waals surface area contributed by atoms with Crippen molar-refractivity contribution in [3.8, 4) is 11.3 Å². The summed E-state index contributed by atoms with van der Waals surface area (Å²) >= 11 is 0. The fourth-order valence-corrected chi connectivity index (χ4v) is 1.45. The molecule has 3 nitrogen and oxygen atoms in total. The van der Waals surface area contributed by atoms with Crippen LogP contribution in [0.2, 0.25) is 0 Å². The van der Waals surface area contributed by atoms with Crippen molar-refractivity contribution in [3.63, 3.8) is 0 Å². The first-order valence-corrected chi connectivity index (χ1v) is 5.19. The number of nitrogens with zero attached hydrogens (tertiary/aromatic N) is 1. The second kappa shape index (κ2) is 4.45. The molecule has 1 aromatic carbocycles. The number of aromatic nitrogens is 1. The first-order chi connectivity index (χ1) is 7.70. The maximum atomic E-state index is 13.0. The molecule has 0 saturated heterocycles. The molecule has 0 bridgehead atoms. The van der Waals surface area contributed by atoms with Gasteiger partial charge in [-0.3, -0.25) is 0 Å². The topological polar surface area (TPSA) is 52.0 Å². The first-order valence-electron chi connectivity index (χ1n) is 5.19. The Labute approximate surface area is 93.1 Å². The molecule has 84 valence electrons. The van der Waals surface area contributed by atoms with Crippen molar-refractivity contribution in [1.29, 1.82) is 0 Å². The van der Waals surface area contributed by atoms with Gasteiger partial charge in [0.2, 0.25) is 0 Å². The number of hydrogen-bond donors (Lipinski definition) is 1. The summed E-state index contributed by atoms with van der Waals surface area (Å²) in [5.74, 6) is 0.337. The van der Waals surface area contributed by atoms with Crippen molar-refractivity contribution in [2.75, 3.05) is 0 Å². The highest BCUT2D eigenvalue weighted by Crippen LogP contribution is 2.23. The van der Waals surface area contributed by atoms with E-state index in [9.17, 15) is 4.39 Å². The van der Waals surface area contributed by atoms with Crippen LogP contribution in [0.1, 0.15) is 25.1 Å². The summed E-state index contributed by atoms with van der Waals surface area (Å²) in [6.45, 7) is 1.97. The first kappa shape index (κ1) is 10.8. The Bertz CT molecular complexity index is 481. The molecule has 2 N–H and O–H groups in total. The summed E-state index contributed by atoms with van der Waals surface area (Å²) in [7, 11) is 0. The van der Waals surface area contributed by atoms with Crippen LogP contribution in [-0.2, 0) is 0 Å². The van der Waals surface area contributed by atoms with Crippen molar-refractivity contribution in [2.24, 2.45) is 5.73 Å². The van der Waals surface area contributed by atoms with Gasteiger partial charge in [-0.2, -0.15) is 0 Å². The lowest BCUT2D eigenvalue weighted by molar-refractivity contribution is 0.360. The van der Waals surface area contributed by atoms with Crippen molar-refractivity contribution >= 4 is 0 Å². The van der Waals surface area contributed by atoms with Gasteiger partial charge in [-0.05, 0) is 18.6 Å². The number of rotatable bonds is 3. The zero-order chi connectivity index (χ0) is 11.5. The molecule has 16 heavy (non-hydrogen) atoms. The van der Waals surface area contributed by atoms with Gasteiger partial charge < -0.3 is 10.3 Å². The highest BCUT2D eigenvalue weighted by atomic mass is 19.1. The van der Waals surface area contributed by atoms with Crippen LogP contribution in [-0.4, -0.2) is 5.16 Å². The normalized spacial score (nSPS) is 12.7. The van der Waals surface area contributed by atoms with E-state index in [1.807, 2.05) is 6.92 Å². The monoisotopic (exact) mass is 220 g/mol. The minimum absolute atomic E-state index is 0.158. The molecular weight excluding hydrogens is 207 g/mol. The Balaban J connectivity index is 2.31. The lowest BCUT2D eigenvalue weighted by atomic mass is 10.1. The zero-order valence-corrected chi connectivity index (χ0v) is 8.98. The van der Waals surface area contributed by atoms with Gasteiger partial charge in [0.15, 0.2) is 5.76 Å². The van der Waals surface area contributed by atoms with Crippen LogP contribution in [0.5, 0.6) is 0 Å². The van der Waals surface area contributed by atoms with Gasteiger partial charge >= 0.3 is 0 Å². The largest absolute Gasteiger partial charge is 0.359 e. The fraction of sp³-hybridized carbons (Fsp3) is 0.250. The van der Waals surface area contributed by atoms with Crippen LogP contribution in [0.4, 0.5) is 4.39 Å². The summed E-state index contributed by atoms with van der Waals surface area (Å²) < 4.78 is 18.1. The second-order valence-electron chi connectivity index (χ2n) is 3.64. The summed E-state index contributed by atoms with van der Waals surface area (Å²) in [6.07, 6.45) is 0.776. The van der Waals surface area contributed by atoms with E-state index in [0.717, 1.165) is 6.42 Å². The molecule has 0 radical (unpaired) electrons. The van der Waals surface area contributed by atoms with Crippen molar-refractivity contribution < 1.29 is 8.91 Å². The van der Waals surface area contributed by atoms with Gasteiger partial charge in [-0.1, -0.05) is 24.2 Å². The quantitative estimate of drug-likeness (QED) is 0.865. The van der Waals surface area contributed by atoms with Gasteiger partial charge in [-0.25, -0.2) is 4.39 Å². The average Bonchev–Trinajstić information content (AvgIpc) is 2.77.